The van der Waals surface area contributed by atoms with E-state index in [1.54, 1.807) is 6.92 Å². The molecule has 0 aliphatic carbocycles. The molecule has 1 aromatic rings. The maximum Gasteiger partial charge on any atom is 0.308 e. The Labute approximate surface area is 120 Å². The summed E-state index contributed by atoms with van der Waals surface area (Å²) in [6.07, 6.45) is 3.39. The van der Waals surface area contributed by atoms with Gasteiger partial charge in [-0.05, 0) is 30.5 Å². The van der Waals surface area contributed by atoms with E-state index in [2.05, 4.69) is 25.1 Å². The Morgan fingerprint density at radius 3 is 2.55 bits per heavy atom. The van der Waals surface area contributed by atoms with Crippen molar-refractivity contribution in [2.75, 3.05) is 18.0 Å². The molecular formula is C16H22N2O2. The van der Waals surface area contributed by atoms with E-state index in [-0.39, 0.29) is 6.54 Å². The van der Waals surface area contributed by atoms with Gasteiger partial charge in [0.1, 0.15) is 6.54 Å². The molecule has 1 atom stereocenters. The van der Waals surface area contributed by atoms with Crippen LogP contribution in [0.15, 0.2) is 24.3 Å². The molecule has 1 unspecified atom stereocenters. The third-order valence-corrected chi connectivity index (χ3v) is 3.30. The number of aryl methyl sites for hydroxylation is 1. The summed E-state index contributed by atoms with van der Waals surface area (Å²) < 4.78 is 0. The van der Waals surface area contributed by atoms with Crippen molar-refractivity contribution in [2.24, 2.45) is 5.92 Å². The van der Waals surface area contributed by atoms with Crippen LogP contribution in [0.4, 0.5) is 5.69 Å². The van der Waals surface area contributed by atoms with E-state index in [0.717, 1.165) is 18.5 Å². The largest absolute Gasteiger partial charge is 0.481 e. The summed E-state index contributed by atoms with van der Waals surface area (Å²) in [5.41, 5.74) is 2.18. The van der Waals surface area contributed by atoms with E-state index in [9.17, 15) is 4.79 Å². The van der Waals surface area contributed by atoms with Crippen LogP contribution in [0.3, 0.4) is 0 Å². The first-order valence-corrected chi connectivity index (χ1v) is 7.02. The van der Waals surface area contributed by atoms with Crippen LogP contribution in [0.5, 0.6) is 0 Å². The van der Waals surface area contributed by atoms with Crippen LogP contribution in [0, 0.1) is 17.2 Å². The number of rotatable bonds is 8. The predicted octanol–water partition coefficient (Wildman–Crippen LogP) is 3.08. The Morgan fingerprint density at radius 1 is 1.40 bits per heavy atom. The summed E-state index contributed by atoms with van der Waals surface area (Å²) in [6, 6.07) is 10.1. The second-order valence-electron chi connectivity index (χ2n) is 5.05. The van der Waals surface area contributed by atoms with Gasteiger partial charge in [-0.2, -0.15) is 5.26 Å². The maximum absolute atomic E-state index is 10.9. The van der Waals surface area contributed by atoms with Gasteiger partial charge in [0.05, 0.1) is 12.0 Å². The highest BCUT2D eigenvalue weighted by atomic mass is 16.4. The molecule has 0 bridgehead atoms. The normalized spacial score (nSPS) is 11.7. The highest BCUT2D eigenvalue weighted by Gasteiger charge is 2.16. The molecule has 1 aromatic carbocycles. The Hall–Kier alpha value is -2.02. The molecule has 0 aliphatic rings. The van der Waals surface area contributed by atoms with Crippen molar-refractivity contribution in [3.8, 4) is 6.07 Å². The number of aliphatic carboxylic acids is 1. The van der Waals surface area contributed by atoms with Crippen molar-refractivity contribution in [2.45, 2.75) is 33.1 Å². The summed E-state index contributed by atoms with van der Waals surface area (Å²) in [4.78, 5) is 12.7. The average Bonchev–Trinajstić information content (AvgIpc) is 2.45. The van der Waals surface area contributed by atoms with Gasteiger partial charge in [0, 0.05) is 12.2 Å². The van der Waals surface area contributed by atoms with Gasteiger partial charge < -0.3 is 10.0 Å². The summed E-state index contributed by atoms with van der Waals surface area (Å²) in [6.45, 7) is 4.36. The van der Waals surface area contributed by atoms with E-state index in [1.165, 1.54) is 12.0 Å². The molecule has 0 saturated heterocycles. The van der Waals surface area contributed by atoms with Gasteiger partial charge in [-0.1, -0.05) is 32.4 Å². The third kappa shape index (κ3) is 4.93. The molecule has 0 spiro atoms. The number of benzene rings is 1. The average molecular weight is 274 g/mol. The minimum Gasteiger partial charge on any atom is -0.481 e. The molecular weight excluding hydrogens is 252 g/mol. The van der Waals surface area contributed by atoms with Crippen molar-refractivity contribution >= 4 is 11.7 Å². The fraction of sp³-hybridized carbons (Fsp3) is 0.500. The monoisotopic (exact) mass is 274 g/mol. The Balaban J connectivity index is 2.76. The van der Waals surface area contributed by atoms with Crippen molar-refractivity contribution < 1.29 is 9.90 Å². The fourth-order valence-electron chi connectivity index (χ4n) is 2.01. The Bertz CT molecular complexity index is 462. The lowest BCUT2D eigenvalue weighted by molar-refractivity contribution is -0.140. The highest BCUT2D eigenvalue weighted by molar-refractivity contribution is 5.70. The van der Waals surface area contributed by atoms with Gasteiger partial charge in [0.25, 0.3) is 0 Å². The first-order chi connectivity index (χ1) is 9.58. The van der Waals surface area contributed by atoms with Crippen LogP contribution < -0.4 is 4.90 Å². The summed E-state index contributed by atoms with van der Waals surface area (Å²) in [7, 11) is 0. The fourth-order valence-corrected chi connectivity index (χ4v) is 2.01. The summed E-state index contributed by atoms with van der Waals surface area (Å²) >= 11 is 0. The molecule has 1 N–H and O–H groups in total. The van der Waals surface area contributed by atoms with E-state index in [4.69, 9.17) is 10.4 Å². The molecule has 0 heterocycles. The number of carboxylic acid groups (broad SMARTS) is 1. The SMILES string of the molecule is CCCCc1ccc(N(CC#N)CC(C)C(=O)O)cc1. The zero-order chi connectivity index (χ0) is 15.0. The minimum atomic E-state index is -0.840. The first kappa shape index (κ1) is 16.0. The molecule has 0 fully saturated rings. The summed E-state index contributed by atoms with van der Waals surface area (Å²) in [5, 5.41) is 17.9. The predicted molar refractivity (Wildman–Crippen MR) is 79.7 cm³/mol. The highest BCUT2D eigenvalue weighted by Crippen LogP contribution is 2.17. The van der Waals surface area contributed by atoms with E-state index < -0.39 is 11.9 Å². The standard InChI is InChI=1S/C16H22N2O2/c1-3-4-5-14-6-8-15(9-7-14)18(11-10-17)12-13(2)16(19)20/h6-9,13H,3-5,11-12H2,1-2H3,(H,19,20). The molecule has 0 radical (unpaired) electrons. The first-order valence-electron chi connectivity index (χ1n) is 7.02. The lowest BCUT2D eigenvalue weighted by Gasteiger charge is -2.24. The number of nitrogens with zero attached hydrogens (tertiary/aromatic N) is 2. The number of hydrogen-bond acceptors (Lipinski definition) is 3. The van der Waals surface area contributed by atoms with Crippen molar-refractivity contribution in [3.05, 3.63) is 29.8 Å². The Morgan fingerprint density at radius 2 is 2.05 bits per heavy atom. The van der Waals surface area contributed by atoms with E-state index in [0.29, 0.717) is 6.54 Å². The smallest absolute Gasteiger partial charge is 0.308 e. The zero-order valence-electron chi connectivity index (χ0n) is 12.2. The zero-order valence-corrected chi connectivity index (χ0v) is 12.2. The van der Waals surface area contributed by atoms with Gasteiger partial charge in [-0.25, -0.2) is 0 Å². The van der Waals surface area contributed by atoms with Gasteiger partial charge in [0.2, 0.25) is 0 Å². The quantitative estimate of drug-likeness (QED) is 0.740. The molecule has 4 nitrogen and oxygen atoms in total. The van der Waals surface area contributed by atoms with Crippen LogP contribution >= 0.6 is 0 Å². The number of unbranched alkanes of at least 4 members (excludes halogenated alkanes) is 1. The van der Waals surface area contributed by atoms with Gasteiger partial charge in [-0.3, -0.25) is 4.79 Å². The molecule has 0 saturated carbocycles. The number of nitriles is 1. The molecule has 108 valence electrons. The number of anilines is 1. The van der Waals surface area contributed by atoms with Gasteiger partial charge >= 0.3 is 5.97 Å². The lowest BCUT2D eigenvalue weighted by Crippen LogP contribution is -2.32. The van der Waals surface area contributed by atoms with Crippen molar-refractivity contribution in [3.63, 3.8) is 0 Å². The van der Waals surface area contributed by atoms with Crippen LogP contribution in [0.2, 0.25) is 0 Å². The number of carbonyl (C=O) groups is 1. The molecule has 1 rings (SSSR count). The van der Waals surface area contributed by atoms with Crippen molar-refractivity contribution in [1.82, 2.24) is 0 Å². The molecule has 0 amide bonds. The second kappa shape index (κ2) is 8.21. The van der Waals surface area contributed by atoms with Crippen LogP contribution in [0.1, 0.15) is 32.3 Å². The number of carboxylic acids is 1. The van der Waals surface area contributed by atoms with Crippen LogP contribution in [0.25, 0.3) is 0 Å². The van der Waals surface area contributed by atoms with Crippen molar-refractivity contribution in [1.29, 1.82) is 5.26 Å². The maximum atomic E-state index is 10.9. The van der Waals surface area contributed by atoms with E-state index in [1.807, 2.05) is 17.0 Å². The molecule has 0 aromatic heterocycles. The Kier molecular flexibility index (Phi) is 6.58. The van der Waals surface area contributed by atoms with Crippen LogP contribution in [-0.2, 0) is 11.2 Å². The molecule has 4 heteroatoms. The van der Waals surface area contributed by atoms with Gasteiger partial charge in [-0.15, -0.1) is 0 Å². The minimum absolute atomic E-state index is 0.200. The molecule has 20 heavy (non-hydrogen) atoms. The third-order valence-electron chi connectivity index (χ3n) is 3.30. The number of hydrogen-bond donors (Lipinski definition) is 1. The second-order valence-corrected chi connectivity index (χ2v) is 5.05. The van der Waals surface area contributed by atoms with Gasteiger partial charge in [0.15, 0.2) is 0 Å². The van der Waals surface area contributed by atoms with Crippen LogP contribution in [-0.4, -0.2) is 24.2 Å². The topological polar surface area (TPSA) is 64.3 Å². The lowest BCUT2D eigenvalue weighted by atomic mass is 10.1. The van der Waals surface area contributed by atoms with E-state index >= 15 is 0 Å². The molecule has 0 aliphatic heterocycles. The summed E-state index contributed by atoms with van der Waals surface area (Å²) in [5.74, 6) is -1.34.